The van der Waals surface area contributed by atoms with Crippen molar-refractivity contribution in [3.8, 4) is 0 Å². The van der Waals surface area contributed by atoms with Gasteiger partial charge in [-0.3, -0.25) is 18.7 Å². The number of amides is 1. The lowest BCUT2D eigenvalue weighted by Gasteiger charge is -2.34. The van der Waals surface area contributed by atoms with E-state index in [2.05, 4.69) is 4.90 Å². The zero-order valence-corrected chi connectivity index (χ0v) is 14.5. The van der Waals surface area contributed by atoms with Crippen LogP contribution >= 0.6 is 11.3 Å². The number of hydrogen-bond acceptors (Lipinski definition) is 5. The topological polar surface area (TPSA) is 57.7 Å². The molecule has 2 heterocycles. The first-order valence-electron chi connectivity index (χ1n) is 7.43. The molecule has 122 valence electrons. The van der Waals surface area contributed by atoms with Gasteiger partial charge in [-0.05, 0) is 11.4 Å². The van der Waals surface area contributed by atoms with Crippen molar-refractivity contribution in [3.05, 3.63) is 22.4 Å². The van der Waals surface area contributed by atoms with Crippen LogP contribution in [0.1, 0.15) is 22.5 Å². The third kappa shape index (κ3) is 5.30. The van der Waals surface area contributed by atoms with Crippen molar-refractivity contribution in [2.75, 3.05) is 44.7 Å². The Morgan fingerprint density at radius 2 is 1.95 bits per heavy atom. The van der Waals surface area contributed by atoms with Gasteiger partial charge in [-0.1, -0.05) is 6.07 Å². The van der Waals surface area contributed by atoms with Gasteiger partial charge in [0.2, 0.25) is 5.91 Å². The molecule has 1 unspecified atom stereocenters. The number of nitrogens with zero attached hydrogens (tertiary/aromatic N) is 2. The fourth-order valence-corrected chi connectivity index (χ4v) is 3.63. The van der Waals surface area contributed by atoms with Gasteiger partial charge in [0.05, 0.1) is 4.88 Å². The molecule has 0 N–H and O–H groups in total. The lowest BCUT2D eigenvalue weighted by atomic mass is 10.1. The van der Waals surface area contributed by atoms with Crippen molar-refractivity contribution in [1.29, 1.82) is 0 Å². The fraction of sp³-hybridized carbons (Fsp3) is 0.600. The van der Waals surface area contributed by atoms with Crippen LogP contribution in [0, 0.1) is 0 Å². The van der Waals surface area contributed by atoms with Crippen LogP contribution in [-0.2, 0) is 15.6 Å². The Morgan fingerprint density at radius 1 is 1.23 bits per heavy atom. The molecule has 7 heteroatoms. The van der Waals surface area contributed by atoms with Gasteiger partial charge in [0.15, 0.2) is 5.78 Å². The van der Waals surface area contributed by atoms with E-state index in [1.54, 1.807) is 12.3 Å². The Kier molecular flexibility index (Phi) is 6.72. The first-order valence-corrected chi connectivity index (χ1v) is 10.0. The number of piperazine rings is 1. The first kappa shape index (κ1) is 17.3. The standard InChI is InChI=1S/C15H22N2O3S2/c1-22(20)12-10-16-6-8-17(9-7-16)15(19)5-4-13(18)14-3-2-11-21-14/h2-3,11H,4-10,12H2,1H3. The van der Waals surface area contributed by atoms with Crippen molar-refractivity contribution in [2.45, 2.75) is 12.8 Å². The van der Waals surface area contributed by atoms with Gasteiger partial charge in [0.25, 0.3) is 0 Å². The Hall–Kier alpha value is -1.05. The van der Waals surface area contributed by atoms with Crippen LogP contribution in [0.2, 0.25) is 0 Å². The summed E-state index contributed by atoms with van der Waals surface area (Å²) in [7, 11) is -0.767. The number of thiophene rings is 1. The predicted octanol–water partition coefficient (Wildman–Crippen LogP) is 1.23. The summed E-state index contributed by atoms with van der Waals surface area (Å²) in [6, 6.07) is 3.65. The molecule has 0 radical (unpaired) electrons. The molecule has 1 aromatic rings. The van der Waals surface area contributed by atoms with Gasteiger partial charge >= 0.3 is 0 Å². The van der Waals surface area contributed by atoms with Crippen molar-refractivity contribution in [3.63, 3.8) is 0 Å². The number of carbonyl (C=O) groups excluding carboxylic acids is 2. The molecule has 0 aromatic carbocycles. The molecular weight excluding hydrogens is 320 g/mol. The second kappa shape index (κ2) is 8.55. The van der Waals surface area contributed by atoms with E-state index in [4.69, 9.17) is 0 Å². The maximum absolute atomic E-state index is 12.2. The molecular formula is C15H22N2O3S2. The first-order chi connectivity index (χ1) is 10.6. The third-order valence-corrected chi connectivity index (χ3v) is 5.45. The van der Waals surface area contributed by atoms with E-state index in [1.165, 1.54) is 11.3 Å². The lowest BCUT2D eigenvalue weighted by molar-refractivity contribution is -0.132. The molecule has 0 aliphatic carbocycles. The summed E-state index contributed by atoms with van der Waals surface area (Å²) in [5.74, 6) is 0.791. The van der Waals surface area contributed by atoms with Gasteiger partial charge in [-0.2, -0.15) is 0 Å². The number of rotatable bonds is 7. The van der Waals surface area contributed by atoms with Crippen LogP contribution in [0.4, 0.5) is 0 Å². The molecule has 0 bridgehead atoms. The molecule has 5 nitrogen and oxygen atoms in total. The summed E-state index contributed by atoms with van der Waals surface area (Å²) < 4.78 is 11.1. The Balaban J connectivity index is 1.69. The van der Waals surface area contributed by atoms with Crippen molar-refractivity contribution >= 4 is 33.8 Å². The highest BCUT2D eigenvalue weighted by Gasteiger charge is 2.21. The molecule has 0 saturated carbocycles. The summed E-state index contributed by atoms with van der Waals surface area (Å²) >= 11 is 1.42. The monoisotopic (exact) mass is 342 g/mol. The molecule has 1 atom stereocenters. The van der Waals surface area contributed by atoms with E-state index < -0.39 is 10.8 Å². The molecule has 22 heavy (non-hydrogen) atoms. The average molecular weight is 342 g/mol. The van der Waals surface area contributed by atoms with E-state index in [-0.39, 0.29) is 24.5 Å². The van der Waals surface area contributed by atoms with Crippen LogP contribution in [0.3, 0.4) is 0 Å². The highest BCUT2D eigenvalue weighted by atomic mass is 32.2. The minimum atomic E-state index is -0.767. The molecule has 1 aromatic heterocycles. The maximum Gasteiger partial charge on any atom is 0.223 e. The quantitative estimate of drug-likeness (QED) is 0.700. The van der Waals surface area contributed by atoms with Gasteiger partial charge in [-0.15, -0.1) is 11.3 Å². The molecule has 0 spiro atoms. The van der Waals surface area contributed by atoms with E-state index in [1.807, 2.05) is 16.3 Å². The summed E-state index contributed by atoms with van der Waals surface area (Å²) in [5, 5.41) is 1.87. The SMILES string of the molecule is CS(=O)CCN1CCN(C(=O)CCC(=O)c2cccs2)CC1. The second-order valence-corrected chi connectivity index (χ2v) is 7.90. The molecule has 1 amide bonds. The predicted molar refractivity (Wildman–Crippen MR) is 89.8 cm³/mol. The zero-order valence-electron chi connectivity index (χ0n) is 12.8. The Labute approximate surface area is 137 Å². The van der Waals surface area contributed by atoms with E-state index in [0.29, 0.717) is 18.8 Å². The van der Waals surface area contributed by atoms with E-state index in [0.717, 1.165) is 24.5 Å². The number of Topliss-reactive ketones (excluding diaryl/α,β-unsaturated/α-hetero) is 1. The smallest absolute Gasteiger partial charge is 0.223 e. The molecule has 1 saturated heterocycles. The lowest BCUT2D eigenvalue weighted by Crippen LogP contribution is -2.49. The second-order valence-electron chi connectivity index (χ2n) is 5.40. The average Bonchev–Trinajstić information content (AvgIpc) is 3.05. The highest BCUT2D eigenvalue weighted by molar-refractivity contribution is 7.84. The Bertz CT molecular complexity index is 523. The van der Waals surface area contributed by atoms with E-state index >= 15 is 0 Å². The van der Waals surface area contributed by atoms with Crippen molar-refractivity contribution in [1.82, 2.24) is 9.80 Å². The number of hydrogen-bond donors (Lipinski definition) is 0. The third-order valence-electron chi connectivity index (χ3n) is 3.78. The van der Waals surface area contributed by atoms with Gasteiger partial charge < -0.3 is 4.90 Å². The summed E-state index contributed by atoms with van der Waals surface area (Å²) in [6.07, 6.45) is 2.29. The van der Waals surface area contributed by atoms with E-state index in [9.17, 15) is 13.8 Å². The van der Waals surface area contributed by atoms with Gasteiger partial charge in [0.1, 0.15) is 0 Å². The molecule has 1 fully saturated rings. The maximum atomic E-state index is 12.2. The van der Waals surface area contributed by atoms with Crippen LogP contribution < -0.4 is 0 Å². The fourth-order valence-electron chi connectivity index (χ4n) is 2.42. The van der Waals surface area contributed by atoms with Crippen LogP contribution in [-0.4, -0.2) is 70.4 Å². The minimum absolute atomic E-state index is 0.0485. The summed E-state index contributed by atoms with van der Waals surface area (Å²) in [4.78, 5) is 28.9. The Morgan fingerprint density at radius 3 is 2.55 bits per heavy atom. The number of carbonyl (C=O) groups is 2. The zero-order chi connectivity index (χ0) is 15.9. The van der Waals surface area contributed by atoms with Gasteiger partial charge in [0, 0.05) is 68.4 Å². The summed E-state index contributed by atoms with van der Waals surface area (Å²) in [6.45, 7) is 3.86. The van der Waals surface area contributed by atoms with Crippen LogP contribution in [0.15, 0.2) is 17.5 Å². The molecule has 2 rings (SSSR count). The minimum Gasteiger partial charge on any atom is -0.340 e. The molecule has 1 aliphatic rings. The molecule has 1 aliphatic heterocycles. The normalized spacial score (nSPS) is 17.4. The van der Waals surface area contributed by atoms with Crippen molar-refractivity contribution in [2.24, 2.45) is 0 Å². The van der Waals surface area contributed by atoms with Crippen LogP contribution in [0.5, 0.6) is 0 Å². The van der Waals surface area contributed by atoms with Gasteiger partial charge in [-0.25, -0.2) is 0 Å². The highest BCUT2D eigenvalue weighted by Crippen LogP contribution is 2.13. The summed E-state index contributed by atoms with van der Waals surface area (Å²) in [5.41, 5.74) is 0. The largest absolute Gasteiger partial charge is 0.340 e. The number of ketones is 1. The van der Waals surface area contributed by atoms with Crippen molar-refractivity contribution < 1.29 is 13.8 Å². The van der Waals surface area contributed by atoms with Crippen LogP contribution in [0.25, 0.3) is 0 Å².